The summed E-state index contributed by atoms with van der Waals surface area (Å²) >= 11 is 0. The van der Waals surface area contributed by atoms with Gasteiger partial charge in [-0.3, -0.25) is 14.5 Å². The molecule has 2 heterocycles. The second-order valence-corrected chi connectivity index (χ2v) is 7.55. The summed E-state index contributed by atoms with van der Waals surface area (Å²) in [5.41, 5.74) is 2.48. The van der Waals surface area contributed by atoms with Crippen LogP contribution in [0.1, 0.15) is 26.3 Å². The number of piperazine rings is 1. The molecule has 0 radical (unpaired) electrons. The van der Waals surface area contributed by atoms with Gasteiger partial charge in [-0.25, -0.2) is 0 Å². The van der Waals surface area contributed by atoms with Gasteiger partial charge in [-0.15, -0.1) is 0 Å². The topological polar surface area (TPSA) is 64.7 Å². The number of benzene rings is 1. The van der Waals surface area contributed by atoms with E-state index in [9.17, 15) is 9.59 Å². The second kappa shape index (κ2) is 8.08. The quantitative estimate of drug-likeness (QED) is 0.825. The van der Waals surface area contributed by atoms with Gasteiger partial charge >= 0.3 is 0 Å². The number of carbonyl (C=O) groups excluding carboxylic acids is 2. The highest BCUT2D eigenvalue weighted by Gasteiger charge is 2.41. The first-order valence-corrected chi connectivity index (χ1v) is 9.63. The molecule has 1 aromatic rings. The molecule has 2 unspecified atom stereocenters. The molecule has 142 valence electrons. The van der Waals surface area contributed by atoms with E-state index in [-0.39, 0.29) is 29.8 Å². The number of hydrogen-bond donors (Lipinski definition) is 2. The zero-order valence-electron chi connectivity index (χ0n) is 16.0. The fourth-order valence-corrected chi connectivity index (χ4v) is 4.14. The van der Waals surface area contributed by atoms with Gasteiger partial charge in [-0.1, -0.05) is 18.2 Å². The summed E-state index contributed by atoms with van der Waals surface area (Å²) in [7, 11) is 0. The number of hydrogen-bond acceptors (Lipinski definition) is 4. The molecule has 2 atom stereocenters. The van der Waals surface area contributed by atoms with E-state index in [0.717, 1.165) is 26.1 Å². The molecule has 0 aliphatic carbocycles. The number of anilines is 1. The minimum absolute atomic E-state index is 0.0548. The SMILES string of the molecule is CCNC(=O)C1Cc2ccccc2N2CCN(CC(=O)NC(C)C)CC12. The molecule has 0 saturated carbocycles. The first kappa shape index (κ1) is 18.7. The van der Waals surface area contributed by atoms with Gasteiger partial charge in [0.1, 0.15) is 0 Å². The van der Waals surface area contributed by atoms with E-state index >= 15 is 0 Å². The fraction of sp³-hybridized carbons (Fsp3) is 0.600. The lowest BCUT2D eigenvalue weighted by atomic mass is 9.83. The summed E-state index contributed by atoms with van der Waals surface area (Å²) in [5, 5.41) is 5.96. The Balaban J connectivity index is 1.78. The number of amides is 2. The summed E-state index contributed by atoms with van der Waals surface area (Å²) in [5.74, 6) is 0.0884. The van der Waals surface area contributed by atoms with Crippen molar-refractivity contribution >= 4 is 17.5 Å². The highest BCUT2D eigenvalue weighted by atomic mass is 16.2. The smallest absolute Gasteiger partial charge is 0.234 e. The summed E-state index contributed by atoms with van der Waals surface area (Å²) in [6.45, 7) is 9.34. The molecule has 26 heavy (non-hydrogen) atoms. The van der Waals surface area contributed by atoms with Crippen LogP contribution < -0.4 is 15.5 Å². The summed E-state index contributed by atoms with van der Waals surface area (Å²) in [6.07, 6.45) is 0.759. The van der Waals surface area contributed by atoms with Gasteiger partial charge in [0, 0.05) is 37.9 Å². The van der Waals surface area contributed by atoms with Crippen molar-refractivity contribution in [3.05, 3.63) is 29.8 Å². The minimum Gasteiger partial charge on any atom is -0.365 e. The molecule has 1 saturated heterocycles. The van der Waals surface area contributed by atoms with Crippen molar-refractivity contribution in [3.63, 3.8) is 0 Å². The molecule has 2 aliphatic heterocycles. The predicted molar refractivity (Wildman–Crippen MR) is 103 cm³/mol. The maximum atomic E-state index is 12.7. The molecule has 0 bridgehead atoms. The van der Waals surface area contributed by atoms with Crippen LogP contribution in [0.3, 0.4) is 0 Å². The van der Waals surface area contributed by atoms with Crippen molar-refractivity contribution in [1.29, 1.82) is 0 Å². The number of para-hydroxylation sites is 1. The average Bonchev–Trinajstić information content (AvgIpc) is 2.60. The van der Waals surface area contributed by atoms with Crippen molar-refractivity contribution < 1.29 is 9.59 Å². The second-order valence-electron chi connectivity index (χ2n) is 7.55. The third-order valence-corrected chi connectivity index (χ3v) is 5.21. The number of nitrogens with one attached hydrogen (secondary N) is 2. The van der Waals surface area contributed by atoms with E-state index in [1.807, 2.05) is 26.8 Å². The van der Waals surface area contributed by atoms with Gasteiger partial charge in [0.2, 0.25) is 11.8 Å². The van der Waals surface area contributed by atoms with Gasteiger partial charge in [0.25, 0.3) is 0 Å². The Morgan fingerprint density at radius 2 is 2.00 bits per heavy atom. The van der Waals surface area contributed by atoms with Crippen molar-refractivity contribution in [2.45, 2.75) is 39.3 Å². The molecule has 6 heteroatoms. The number of fused-ring (bicyclic) bond motifs is 3. The highest BCUT2D eigenvalue weighted by Crippen LogP contribution is 2.35. The Bertz CT molecular complexity index is 661. The Labute approximate surface area is 155 Å². The average molecular weight is 358 g/mol. The van der Waals surface area contributed by atoms with E-state index < -0.39 is 0 Å². The summed E-state index contributed by atoms with van der Waals surface area (Å²) < 4.78 is 0. The standard InChI is InChI=1S/C20H30N4O2/c1-4-21-20(26)16-11-15-7-5-6-8-17(15)24-10-9-23(12-18(16)24)13-19(25)22-14(2)3/h5-8,14,16,18H,4,9-13H2,1-3H3,(H,21,26)(H,22,25). The van der Waals surface area contributed by atoms with Gasteiger partial charge in [0.15, 0.2) is 0 Å². The molecule has 2 amide bonds. The van der Waals surface area contributed by atoms with Gasteiger partial charge < -0.3 is 15.5 Å². The highest BCUT2D eigenvalue weighted by molar-refractivity contribution is 5.82. The van der Waals surface area contributed by atoms with Crippen LogP contribution in [0, 0.1) is 5.92 Å². The van der Waals surface area contributed by atoms with Crippen LogP contribution in [-0.4, -0.2) is 61.5 Å². The number of rotatable bonds is 5. The normalized spacial score (nSPS) is 22.5. The first-order valence-electron chi connectivity index (χ1n) is 9.63. The van der Waals surface area contributed by atoms with Crippen LogP contribution >= 0.6 is 0 Å². The van der Waals surface area contributed by atoms with Crippen LogP contribution in [0.2, 0.25) is 0 Å². The van der Waals surface area contributed by atoms with E-state index in [0.29, 0.717) is 13.1 Å². The Hall–Kier alpha value is -2.08. The third-order valence-electron chi connectivity index (χ3n) is 5.21. The Morgan fingerprint density at radius 3 is 2.73 bits per heavy atom. The maximum absolute atomic E-state index is 12.7. The number of carbonyl (C=O) groups is 2. The molecule has 2 aliphatic rings. The van der Waals surface area contributed by atoms with Crippen molar-refractivity contribution in [1.82, 2.24) is 15.5 Å². The van der Waals surface area contributed by atoms with E-state index in [2.05, 4.69) is 38.6 Å². The molecule has 6 nitrogen and oxygen atoms in total. The molecule has 0 spiro atoms. The van der Waals surface area contributed by atoms with Crippen molar-refractivity contribution in [3.8, 4) is 0 Å². The minimum atomic E-state index is -0.0826. The monoisotopic (exact) mass is 358 g/mol. The molecule has 3 rings (SSSR count). The maximum Gasteiger partial charge on any atom is 0.234 e. The van der Waals surface area contributed by atoms with E-state index in [4.69, 9.17) is 0 Å². The van der Waals surface area contributed by atoms with Crippen LogP contribution in [-0.2, 0) is 16.0 Å². The Kier molecular flexibility index (Phi) is 5.81. The van der Waals surface area contributed by atoms with E-state index in [1.165, 1.54) is 11.3 Å². The number of nitrogens with zero attached hydrogens (tertiary/aromatic N) is 2. The van der Waals surface area contributed by atoms with Gasteiger partial charge in [-0.2, -0.15) is 0 Å². The molecular weight excluding hydrogens is 328 g/mol. The molecular formula is C20H30N4O2. The van der Waals surface area contributed by atoms with Crippen LogP contribution in [0.4, 0.5) is 5.69 Å². The molecule has 1 fully saturated rings. The largest absolute Gasteiger partial charge is 0.365 e. The van der Waals surface area contributed by atoms with Crippen LogP contribution in [0.5, 0.6) is 0 Å². The molecule has 2 N–H and O–H groups in total. The lowest BCUT2D eigenvalue weighted by Gasteiger charge is -2.49. The Morgan fingerprint density at radius 1 is 1.23 bits per heavy atom. The fourth-order valence-electron chi connectivity index (χ4n) is 4.14. The molecule has 1 aromatic carbocycles. The van der Waals surface area contributed by atoms with E-state index in [1.54, 1.807) is 0 Å². The van der Waals surface area contributed by atoms with Crippen LogP contribution in [0.25, 0.3) is 0 Å². The predicted octanol–water partition coefficient (Wildman–Crippen LogP) is 1.01. The molecule has 0 aromatic heterocycles. The third kappa shape index (κ3) is 4.01. The first-order chi connectivity index (χ1) is 12.5. The van der Waals surface area contributed by atoms with Crippen molar-refractivity contribution in [2.75, 3.05) is 37.6 Å². The summed E-state index contributed by atoms with van der Waals surface area (Å²) in [6, 6.07) is 8.63. The zero-order chi connectivity index (χ0) is 18.7. The lowest BCUT2D eigenvalue weighted by molar-refractivity contribution is -0.126. The lowest BCUT2D eigenvalue weighted by Crippen LogP contribution is -2.62. The van der Waals surface area contributed by atoms with Crippen molar-refractivity contribution in [2.24, 2.45) is 5.92 Å². The zero-order valence-corrected chi connectivity index (χ0v) is 16.0. The van der Waals surface area contributed by atoms with Gasteiger partial charge in [0.05, 0.1) is 18.5 Å². The summed E-state index contributed by atoms with van der Waals surface area (Å²) in [4.78, 5) is 29.4. The van der Waals surface area contributed by atoms with Gasteiger partial charge in [-0.05, 0) is 38.8 Å². The van der Waals surface area contributed by atoms with Crippen LogP contribution in [0.15, 0.2) is 24.3 Å².